The molecule has 0 aliphatic carbocycles. The third kappa shape index (κ3) is 1.44. The molecule has 0 spiro atoms. The van der Waals surface area contributed by atoms with Crippen molar-refractivity contribution in [1.29, 1.82) is 0 Å². The van der Waals surface area contributed by atoms with Crippen LogP contribution >= 0.6 is 11.3 Å². The molecule has 3 rings (SSSR count). The maximum absolute atomic E-state index is 2.55. The van der Waals surface area contributed by atoms with Gasteiger partial charge in [0.1, 0.15) is 0 Å². The van der Waals surface area contributed by atoms with Crippen molar-refractivity contribution in [2.45, 2.75) is 19.8 Å². The Morgan fingerprint density at radius 1 is 1.13 bits per heavy atom. The molecular weight excluding hydrogens is 202 g/mol. The van der Waals surface area contributed by atoms with Crippen LogP contribution in [0, 0.1) is 6.92 Å². The Morgan fingerprint density at radius 3 is 2.67 bits per heavy atom. The summed E-state index contributed by atoms with van der Waals surface area (Å²) in [4.78, 5) is 4.02. The van der Waals surface area contributed by atoms with Gasteiger partial charge in [-0.15, -0.1) is 11.3 Å². The average Bonchev–Trinajstić information content (AvgIpc) is 2.82. The van der Waals surface area contributed by atoms with Crippen molar-refractivity contribution in [3.05, 3.63) is 29.1 Å². The summed E-state index contributed by atoms with van der Waals surface area (Å²) in [6, 6.07) is 8.76. The Labute approximate surface area is 94.3 Å². The minimum atomic E-state index is 1.24. The molecule has 0 unspecified atom stereocenters. The van der Waals surface area contributed by atoms with Crippen LogP contribution in [-0.4, -0.2) is 13.1 Å². The summed E-state index contributed by atoms with van der Waals surface area (Å²) in [5.74, 6) is 0. The molecule has 0 radical (unpaired) electrons. The van der Waals surface area contributed by atoms with Crippen molar-refractivity contribution in [3.63, 3.8) is 0 Å². The second kappa shape index (κ2) is 3.53. The van der Waals surface area contributed by atoms with Crippen molar-refractivity contribution in [1.82, 2.24) is 0 Å². The SMILES string of the molecule is Cc1sc2ccccc2c1N1CCCC1. The minimum absolute atomic E-state index is 1.24. The molecule has 78 valence electrons. The normalized spacial score (nSPS) is 16.5. The molecule has 0 N–H and O–H groups in total. The van der Waals surface area contributed by atoms with Crippen molar-refractivity contribution in [2.24, 2.45) is 0 Å². The molecule has 0 atom stereocenters. The molecule has 1 nitrogen and oxygen atoms in total. The van der Waals surface area contributed by atoms with E-state index in [1.165, 1.54) is 46.6 Å². The van der Waals surface area contributed by atoms with Crippen LogP contribution in [0.5, 0.6) is 0 Å². The van der Waals surface area contributed by atoms with E-state index < -0.39 is 0 Å². The number of fused-ring (bicyclic) bond motifs is 1. The molecule has 1 saturated heterocycles. The van der Waals surface area contributed by atoms with Gasteiger partial charge in [-0.2, -0.15) is 0 Å². The summed E-state index contributed by atoms with van der Waals surface area (Å²) in [6.45, 7) is 4.72. The standard InChI is InChI=1S/C13H15NS/c1-10-13(14-8-4-5-9-14)11-6-2-3-7-12(11)15-10/h2-3,6-7H,4-5,8-9H2,1H3. The Kier molecular flexibility index (Phi) is 2.17. The van der Waals surface area contributed by atoms with Crippen LogP contribution < -0.4 is 4.90 Å². The molecule has 1 fully saturated rings. The van der Waals surface area contributed by atoms with Crippen LogP contribution in [0.3, 0.4) is 0 Å². The largest absolute Gasteiger partial charge is 0.370 e. The molecule has 2 aromatic rings. The second-order valence-electron chi connectivity index (χ2n) is 4.20. The third-order valence-electron chi connectivity index (χ3n) is 3.16. The quantitative estimate of drug-likeness (QED) is 0.702. The Bertz CT molecular complexity index is 480. The molecule has 1 aliphatic heterocycles. The van der Waals surface area contributed by atoms with Gasteiger partial charge in [0.05, 0.1) is 5.69 Å². The summed E-state index contributed by atoms with van der Waals surface area (Å²) < 4.78 is 1.43. The predicted octanol–water partition coefficient (Wildman–Crippen LogP) is 3.81. The maximum Gasteiger partial charge on any atom is 0.0584 e. The van der Waals surface area contributed by atoms with Gasteiger partial charge >= 0.3 is 0 Å². The fourth-order valence-electron chi connectivity index (χ4n) is 2.49. The van der Waals surface area contributed by atoms with Crippen molar-refractivity contribution in [2.75, 3.05) is 18.0 Å². The molecular formula is C13H15NS. The number of anilines is 1. The average molecular weight is 217 g/mol. The lowest BCUT2D eigenvalue weighted by Crippen LogP contribution is -2.17. The van der Waals surface area contributed by atoms with E-state index in [0.717, 1.165) is 0 Å². The van der Waals surface area contributed by atoms with Crippen LogP contribution in [0.25, 0.3) is 10.1 Å². The number of hydrogen-bond donors (Lipinski definition) is 0. The van der Waals surface area contributed by atoms with Crippen LogP contribution in [0.2, 0.25) is 0 Å². The zero-order valence-electron chi connectivity index (χ0n) is 8.99. The topological polar surface area (TPSA) is 3.24 Å². The van der Waals surface area contributed by atoms with Gasteiger partial charge in [-0.1, -0.05) is 18.2 Å². The molecule has 2 heteroatoms. The summed E-state index contributed by atoms with van der Waals surface area (Å²) in [6.07, 6.45) is 2.70. The highest BCUT2D eigenvalue weighted by Gasteiger charge is 2.18. The van der Waals surface area contributed by atoms with E-state index in [0.29, 0.717) is 0 Å². The van der Waals surface area contributed by atoms with Gasteiger partial charge in [-0.25, -0.2) is 0 Å². The van der Waals surface area contributed by atoms with E-state index in [-0.39, 0.29) is 0 Å². The van der Waals surface area contributed by atoms with Gasteiger partial charge in [0.15, 0.2) is 0 Å². The van der Waals surface area contributed by atoms with Gasteiger partial charge in [0.25, 0.3) is 0 Å². The molecule has 0 bridgehead atoms. The lowest BCUT2D eigenvalue weighted by molar-refractivity contribution is 0.949. The van der Waals surface area contributed by atoms with Gasteiger partial charge in [-0.05, 0) is 25.8 Å². The number of hydrogen-bond acceptors (Lipinski definition) is 2. The van der Waals surface area contributed by atoms with E-state index in [1.54, 1.807) is 0 Å². The van der Waals surface area contributed by atoms with E-state index >= 15 is 0 Å². The van der Waals surface area contributed by atoms with E-state index in [4.69, 9.17) is 0 Å². The van der Waals surface area contributed by atoms with E-state index in [1.807, 2.05) is 11.3 Å². The number of thiophene rings is 1. The number of aryl methyl sites for hydroxylation is 1. The Hall–Kier alpha value is -1.02. The lowest BCUT2D eigenvalue weighted by Gasteiger charge is -2.17. The van der Waals surface area contributed by atoms with Gasteiger partial charge in [0, 0.05) is 28.1 Å². The first-order chi connectivity index (χ1) is 7.36. The second-order valence-corrected chi connectivity index (χ2v) is 5.45. The van der Waals surface area contributed by atoms with E-state index in [9.17, 15) is 0 Å². The minimum Gasteiger partial charge on any atom is -0.370 e. The van der Waals surface area contributed by atoms with Gasteiger partial charge in [0.2, 0.25) is 0 Å². The van der Waals surface area contributed by atoms with Crippen molar-refractivity contribution in [3.8, 4) is 0 Å². The monoisotopic (exact) mass is 217 g/mol. The highest BCUT2D eigenvalue weighted by molar-refractivity contribution is 7.19. The Balaban J connectivity index is 2.19. The fourth-order valence-corrected chi connectivity index (χ4v) is 3.57. The molecule has 1 aliphatic rings. The highest BCUT2D eigenvalue weighted by atomic mass is 32.1. The number of rotatable bonds is 1. The third-order valence-corrected chi connectivity index (χ3v) is 4.24. The number of nitrogens with zero attached hydrogens (tertiary/aromatic N) is 1. The summed E-state index contributed by atoms with van der Waals surface area (Å²) in [5.41, 5.74) is 1.49. The zero-order valence-corrected chi connectivity index (χ0v) is 9.81. The number of benzene rings is 1. The Morgan fingerprint density at radius 2 is 1.87 bits per heavy atom. The van der Waals surface area contributed by atoms with E-state index in [2.05, 4.69) is 36.1 Å². The molecule has 0 amide bonds. The van der Waals surface area contributed by atoms with Crippen LogP contribution in [0.4, 0.5) is 5.69 Å². The molecule has 1 aromatic heterocycles. The maximum atomic E-state index is 2.55. The van der Waals surface area contributed by atoms with Gasteiger partial charge < -0.3 is 4.90 Å². The van der Waals surface area contributed by atoms with Crippen LogP contribution in [-0.2, 0) is 0 Å². The first kappa shape index (κ1) is 9.22. The molecule has 15 heavy (non-hydrogen) atoms. The first-order valence-corrected chi connectivity index (χ1v) is 6.41. The highest BCUT2D eigenvalue weighted by Crippen LogP contribution is 2.38. The fraction of sp³-hybridized carbons (Fsp3) is 0.385. The molecule has 2 heterocycles. The predicted molar refractivity (Wildman–Crippen MR) is 68.0 cm³/mol. The van der Waals surface area contributed by atoms with Crippen LogP contribution in [0.15, 0.2) is 24.3 Å². The summed E-state index contributed by atoms with van der Waals surface area (Å²) >= 11 is 1.92. The van der Waals surface area contributed by atoms with Gasteiger partial charge in [-0.3, -0.25) is 0 Å². The smallest absolute Gasteiger partial charge is 0.0584 e. The molecule has 1 aromatic carbocycles. The first-order valence-electron chi connectivity index (χ1n) is 5.59. The zero-order chi connectivity index (χ0) is 10.3. The lowest BCUT2D eigenvalue weighted by atomic mass is 10.2. The van der Waals surface area contributed by atoms with Crippen molar-refractivity contribution >= 4 is 27.1 Å². The molecule has 0 saturated carbocycles. The summed E-state index contributed by atoms with van der Waals surface area (Å²) in [7, 11) is 0. The summed E-state index contributed by atoms with van der Waals surface area (Å²) in [5, 5.41) is 1.45. The van der Waals surface area contributed by atoms with Crippen molar-refractivity contribution < 1.29 is 0 Å². The van der Waals surface area contributed by atoms with Crippen LogP contribution in [0.1, 0.15) is 17.7 Å².